The van der Waals surface area contributed by atoms with E-state index in [-0.39, 0.29) is 12.2 Å². The molecule has 4 nitrogen and oxygen atoms in total. The van der Waals surface area contributed by atoms with E-state index in [1.165, 1.54) is 10.9 Å². The Morgan fingerprint density at radius 3 is 3.17 bits per heavy atom. The number of hydrogen-bond acceptors (Lipinski definition) is 3. The summed E-state index contributed by atoms with van der Waals surface area (Å²) in [5, 5.41) is 4.24. The lowest BCUT2D eigenvalue weighted by Crippen LogP contribution is -2.08. The van der Waals surface area contributed by atoms with E-state index >= 15 is 0 Å². The van der Waals surface area contributed by atoms with Crippen LogP contribution in [0.1, 0.15) is 16.8 Å². The number of carbonyl (C=O) groups is 1. The first-order chi connectivity index (χ1) is 5.68. The molecule has 12 heavy (non-hydrogen) atoms. The van der Waals surface area contributed by atoms with Crippen LogP contribution in [0, 0.1) is 0 Å². The lowest BCUT2D eigenvalue weighted by atomic mass is 10.1. The summed E-state index contributed by atoms with van der Waals surface area (Å²) in [5.41, 5.74) is 0.557. The highest BCUT2D eigenvalue weighted by molar-refractivity contribution is 6.67. The number of aliphatic imine (C=N–C) groups is 1. The molecule has 0 unspecified atom stereocenters. The van der Waals surface area contributed by atoms with Crippen molar-refractivity contribution in [1.82, 2.24) is 9.78 Å². The quantitative estimate of drug-likeness (QED) is 0.608. The number of nitrogens with zero attached hydrogens (tertiary/aromatic N) is 3. The third-order valence-electron chi connectivity index (χ3n) is 1.74. The molecular weight excluding hydrogens is 178 g/mol. The molecule has 0 atom stereocenters. The van der Waals surface area contributed by atoms with E-state index in [1.807, 2.05) is 0 Å². The molecule has 1 aromatic heterocycles. The first-order valence-electron chi connectivity index (χ1n) is 3.47. The number of ketones is 1. The average molecular weight is 184 g/mol. The van der Waals surface area contributed by atoms with Crippen molar-refractivity contribution >= 4 is 28.4 Å². The zero-order valence-electron chi connectivity index (χ0n) is 6.41. The number of rotatable bonds is 0. The fourth-order valence-electron chi connectivity index (χ4n) is 1.14. The minimum atomic E-state index is -0.0156. The molecule has 0 radical (unpaired) electrons. The van der Waals surface area contributed by atoms with Crippen LogP contribution in [0.4, 0.5) is 5.82 Å². The van der Waals surface area contributed by atoms with E-state index in [9.17, 15) is 4.79 Å². The van der Waals surface area contributed by atoms with Gasteiger partial charge in [-0.05, 0) is 0 Å². The van der Waals surface area contributed by atoms with Crippen LogP contribution < -0.4 is 0 Å². The summed E-state index contributed by atoms with van der Waals surface area (Å²) in [6.45, 7) is 0. The van der Waals surface area contributed by atoms with Gasteiger partial charge in [0.05, 0.1) is 18.2 Å². The van der Waals surface area contributed by atoms with Gasteiger partial charge in [0, 0.05) is 7.05 Å². The van der Waals surface area contributed by atoms with E-state index < -0.39 is 0 Å². The summed E-state index contributed by atoms with van der Waals surface area (Å²) < 4.78 is 1.54. The predicted molar refractivity (Wildman–Crippen MR) is 45.1 cm³/mol. The standard InChI is InChI=1S/C7H6ClN3O/c1-11-7-4(3-9-11)5(12)2-6(8)10-7/h3H,2H2,1H3. The number of Topliss-reactive ketones (excluding diaryl/α,β-unsaturated/α-hetero) is 1. The Morgan fingerprint density at radius 2 is 2.42 bits per heavy atom. The largest absolute Gasteiger partial charge is 0.294 e. The summed E-state index contributed by atoms with van der Waals surface area (Å²) >= 11 is 5.66. The highest BCUT2D eigenvalue weighted by atomic mass is 35.5. The van der Waals surface area contributed by atoms with Crippen LogP contribution in [0.3, 0.4) is 0 Å². The van der Waals surface area contributed by atoms with Gasteiger partial charge in [-0.25, -0.2) is 4.99 Å². The van der Waals surface area contributed by atoms with Crippen molar-refractivity contribution in [3.05, 3.63) is 11.8 Å². The molecule has 62 valence electrons. The molecule has 0 spiro atoms. The van der Waals surface area contributed by atoms with Gasteiger partial charge in [0.2, 0.25) is 0 Å². The molecule has 1 aliphatic heterocycles. The normalized spacial score (nSPS) is 15.8. The number of halogens is 1. The van der Waals surface area contributed by atoms with Crippen molar-refractivity contribution in [3.63, 3.8) is 0 Å². The molecule has 2 rings (SSSR count). The zero-order chi connectivity index (χ0) is 8.72. The number of fused-ring (bicyclic) bond motifs is 1. The van der Waals surface area contributed by atoms with Crippen LogP contribution in [0.5, 0.6) is 0 Å². The lowest BCUT2D eigenvalue weighted by molar-refractivity contribution is 0.100. The second-order valence-corrected chi connectivity index (χ2v) is 3.03. The molecule has 0 N–H and O–H groups in total. The van der Waals surface area contributed by atoms with Gasteiger partial charge < -0.3 is 0 Å². The van der Waals surface area contributed by atoms with Gasteiger partial charge in [0.15, 0.2) is 11.6 Å². The van der Waals surface area contributed by atoms with Crippen LogP contribution in [-0.4, -0.2) is 20.7 Å². The van der Waals surface area contributed by atoms with E-state index in [1.54, 1.807) is 7.05 Å². The van der Waals surface area contributed by atoms with Crippen molar-refractivity contribution < 1.29 is 4.79 Å². The monoisotopic (exact) mass is 183 g/mol. The maximum atomic E-state index is 11.3. The molecule has 5 heteroatoms. The van der Waals surface area contributed by atoms with Crippen molar-refractivity contribution in [1.29, 1.82) is 0 Å². The van der Waals surface area contributed by atoms with Gasteiger partial charge in [-0.1, -0.05) is 11.6 Å². The second-order valence-electron chi connectivity index (χ2n) is 2.59. The minimum absolute atomic E-state index is 0.0156. The summed E-state index contributed by atoms with van der Waals surface area (Å²) in [5.74, 6) is 0.536. The topological polar surface area (TPSA) is 47.2 Å². The molecule has 0 aromatic carbocycles. The average Bonchev–Trinajstić information content (AvgIpc) is 2.33. The van der Waals surface area contributed by atoms with Crippen molar-refractivity contribution in [2.24, 2.45) is 12.0 Å². The second kappa shape index (κ2) is 2.42. The van der Waals surface area contributed by atoms with Crippen LogP contribution in [-0.2, 0) is 7.05 Å². The summed E-state index contributed by atoms with van der Waals surface area (Å²) in [4.78, 5) is 15.3. The van der Waals surface area contributed by atoms with E-state index in [0.717, 1.165) is 0 Å². The van der Waals surface area contributed by atoms with Crippen LogP contribution in [0.15, 0.2) is 11.2 Å². The Bertz CT molecular complexity index is 380. The highest BCUT2D eigenvalue weighted by Crippen LogP contribution is 2.25. The van der Waals surface area contributed by atoms with Crippen LogP contribution >= 0.6 is 11.6 Å². The van der Waals surface area contributed by atoms with Crippen LogP contribution in [0.2, 0.25) is 0 Å². The zero-order valence-corrected chi connectivity index (χ0v) is 7.17. The third kappa shape index (κ3) is 0.956. The van der Waals surface area contributed by atoms with E-state index in [2.05, 4.69) is 10.1 Å². The molecule has 0 saturated carbocycles. The van der Waals surface area contributed by atoms with Gasteiger partial charge in [-0.3, -0.25) is 9.48 Å². The Balaban J connectivity index is 2.65. The van der Waals surface area contributed by atoms with Gasteiger partial charge in [-0.2, -0.15) is 5.10 Å². The minimum Gasteiger partial charge on any atom is -0.294 e. The van der Waals surface area contributed by atoms with Crippen molar-refractivity contribution in [3.8, 4) is 0 Å². The first kappa shape index (κ1) is 7.49. The smallest absolute Gasteiger partial charge is 0.175 e. The molecule has 0 fully saturated rings. The van der Waals surface area contributed by atoms with Gasteiger partial charge in [-0.15, -0.1) is 0 Å². The Labute approximate surface area is 73.9 Å². The van der Waals surface area contributed by atoms with Crippen molar-refractivity contribution in [2.45, 2.75) is 6.42 Å². The molecule has 0 saturated heterocycles. The number of aromatic nitrogens is 2. The van der Waals surface area contributed by atoms with Gasteiger partial charge in [0.25, 0.3) is 0 Å². The molecular formula is C7H6ClN3O. The van der Waals surface area contributed by atoms with E-state index in [4.69, 9.17) is 11.6 Å². The summed E-state index contributed by atoms with van der Waals surface area (Å²) in [6, 6.07) is 0. The number of aryl methyl sites for hydroxylation is 1. The highest BCUT2D eigenvalue weighted by Gasteiger charge is 2.21. The first-order valence-corrected chi connectivity index (χ1v) is 3.84. The van der Waals surface area contributed by atoms with Gasteiger partial charge in [0.1, 0.15) is 5.17 Å². The maximum absolute atomic E-state index is 11.3. The third-order valence-corrected chi connectivity index (χ3v) is 1.96. The molecule has 1 aromatic rings. The Hall–Kier alpha value is -1.16. The molecule has 1 aliphatic rings. The van der Waals surface area contributed by atoms with Gasteiger partial charge >= 0.3 is 0 Å². The molecule has 2 heterocycles. The summed E-state index contributed by atoms with van der Waals surface area (Å²) in [7, 11) is 1.73. The molecule has 0 aliphatic carbocycles. The molecule has 0 bridgehead atoms. The number of hydrogen-bond donors (Lipinski definition) is 0. The predicted octanol–water partition coefficient (Wildman–Crippen LogP) is 1.28. The SMILES string of the molecule is Cn1ncc2c1N=C(Cl)CC2=O. The fraction of sp³-hybridized carbons (Fsp3) is 0.286. The molecule has 0 amide bonds. The van der Waals surface area contributed by atoms with Crippen LogP contribution in [0.25, 0.3) is 0 Å². The summed E-state index contributed by atoms with van der Waals surface area (Å²) in [6.07, 6.45) is 1.71. The Kier molecular flexibility index (Phi) is 1.51. The maximum Gasteiger partial charge on any atom is 0.175 e. The number of carbonyl (C=O) groups excluding carboxylic acids is 1. The van der Waals surface area contributed by atoms with Crippen molar-refractivity contribution in [2.75, 3.05) is 0 Å². The lowest BCUT2D eigenvalue weighted by Gasteiger charge is -2.05. The fourth-order valence-corrected chi connectivity index (χ4v) is 1.34. The Morgan fingerprint density at radius 1 is 1.67 bits per heavy atom. The van der Waals surface area contributed by atoms with E-state index in [0.29, 0.717) is 16.6 Å².